The first kappa shape index (κ1) is 34.6. The Morgan fingerprint density at radius 2 is 0.737 bits per heavy atom. The molecule has 10 rings (SSSR count). The number of fused-ring (bicyclic) bond motifs is 6. The van der Waals surface area contributed by atoms with Gasteiger partial charge >= 0.3 is 0 Å². The van der Waals surface area contributed by atoms with Crippen LogP contribution in [-0.2, 0) is 0 Å². The zero-order chi connectivity index (χ0) is 39.1. The Labute approximate surface area is 332 Å². The molecule has 0 N–H and O–H groups in total. The van der Waals surface area contributed by atoms with Gasteiger partial charge in [-0.05, 0) is 138 Å². The molecule has 0 atom stereocenters. The van der Waals surface area contributed by atoms with E-state index >= 15 is 0 Å². The van der Waals surface area contributed by atoms with E-state index in [1.807, 2.05) is 13.8 Å². The molecular weight excluding hydrogens is 695 g/mol. The van der Waals surface area contributed by atoms with Crippen LogP contribution >= 0.6 is 0 Å². The molecule has 5 nitrogen and oxygen atoms in total. The summed E-state index contributed by atoms with van der Waals surface area (Å²) < 4.78 is 4.83. The molecule has 0 spiro atoms. The monoisotopic (exact) mass is 737 g/mol. The van der Waals surface area contributed by atoms with Gasteiger partial charge in [-0.2, -0.15) is 0 Å². The van der Waals surface area contributed by atoms with Crippen LogP contribution in [0.5, 0.6) is 0 Å². The van der Waals surface area contributed by atoms with E-state index in [-0.39, 0.29) is 0 Å². The zero-order valence-corrected chi connectivity index (χ0v) is 33.4. The predicted octanol–water partition coefficient (Wildman–Crippen LogP) is 13.2. The number of rotatable bonds is 5. The Morgan fingerprint density at radius 3 is 1.21 bits per heavy atom. The van der Waals surface area contributed by atoms with Crippen LogP contribution in [0.1, 0.15) is 39.5 Å². The minimum atomic E-state index is 0.658. The minimum Gasteiger partial charge on any atom is -0.309 e. The van der Waals surface area contributed by atoms with Gasteiger partial charge in [0.05, 0.1) is 33.4 Å². The Hall–Kier alpha value is -6.85. The van der Waals surface area contributed by atoms with E-state index in [9.17, 15) is 0 Å². The van der Waals surface area contributed by atoms with Gasteiger partial charge < -0.3 is 9.13 Å². The third-order valence-electron chi connectivity index (χ3n) is 11.4. The van der Waals surface area contributed by atoms with Gasteiger partial charge in [-0.25, -0.2) is 15.0 Å². The molecule has 7 aromatic carbocycles. The highest BCUT2D eigenvalue weighted by Gasteiger charge is 2.22. The van der Waals surface area contributed by atoms with Crippen LogP contribution in [0.25, 0.3) is 88.6 Å². The van der Waals surface area contributed by atoms with Crippen molar-refractivity contribution in [2.24, 2.45) is 0 Å². The Balaban J connectivity index is 1.30. The summed E-state index contributed by atoms with van der Waals surface area (Å²) in [5.41, 5.74) is 18.5. The topological polar surface area (TPSA) is 48.5 Å². The van der Waals surface area contributed by atoms with Crippen molar-refractivity contribution >= 4 is 43.6 Å². The van der Waals surface area contributed by atoms with Crippen molar-refractivity contribution in [3.8, 4) is 45.0 Å². The van der Waals surface area contributed by atoms with Crippen molar-refractivity contribution in [1.29, 1.82) is 0 Å². The number of benzene rings is 7. The largest absolute Gasteiger partial charge is 0.309 e. The molecule has 0 saturated carbocycles. The van der Waals surface area contributed by atoms with Gasteiger partial charge in [0.1, 0.15) is 11.6 Å². The number of hydrogen-bond donors (Lipinski definition) is 0. The maximum atomic E-state index is 5.00. The molecule has 10 aromatic rings. The van der Waals surface area contributed by atoms with E-state index in [1.165, 1.54) is 66.0 Å². The molecule has 0 saturated heterocycles. The maximum absolute atomic E-state index is 5.00. The first-order chi connectivity index (χ1) is 27.6. The Bertz CT molecular complexity index is 3130. The number of hydrogen-bond acceptors (Lipinski definition) is 3. The molecule has 57 heavy (non-hydrogen) atoms. The lowest BCUT2D eigenvalue weighted by molar-refractivity contribution is 0.927. The summed E-state index contributed by atoms with van der Waals surface area (Å²) in [6.07, 6.45) is 0. The van der Waals surface area contributed by atoms with Crippen molar-refractivity contribution < 1.29 is 0 Å². The molecule has 5 heteroatoms. The van der Waals surface area contributed by atoms with Gasteiger partial charge in [0, 0.05) is 32.7 Å². The smallest absolute Gasteiger partial charge is 0.165 e. The highest BCUT2D eigenvalue weighted by Crippen LogP contribution is 2.42. The number of nitrogens with zero attached hydrogens (tertiary/aromatic N) is 5. The summed E-state index contributed by atoms with van der Waals surface area (Å²) in [7, 11) is 0. The summed E-state index contributed by atoms with van der Waals surface area (Å²) in [5, 5.41) is 4.98. The fourth-order valence-corrected chi connectivity index (χ4v) is 8.80. The molecule has 0 amide bonds. The van der Waals surface area contributed by atoms with E-state index in [0.717, 1.165) is 44.7 Å². The molecule has 0 unspecified atom stereocenters. The first-order valence-corrected chi connectivity index (χ1v) is 19.7. The van der Waals surface area contributed by atoms with E-state index in [0.29, 0.717) is 17.5 Å². The van der Waals surface area contributed by atoms with Gasteiger partial charge in [-0.3, -0.25) is 0 Å². The van der Waals surface area contributed by atoms with Gasteiger partial charge in [0.2, 0.25) is 0 Å². The first-order valence-electron chi connectivity index (χ1n) is 19.7. The molecular formula is C52H43N5. The maximum Gasteiger partial charge on any atom is 0.165 e. The molecule has 0 aliphatic heterocycles. The van der Waals surface area contributed by atoms with Crippen LogP contribution in [0.3, 0.4) is 0 Å². The lowest BCUT2D eigenvalue weighted by atomic mass is 9.94. The fraction of sp³-hybridized carbons (Fsp3) is 0.135. The second kappa shape index (κ2) is 13.1. The van der Waals surface area contributed by atoms with Crippen LogP contribution in [0.2, 0.25) is 0 Å². The summed E-state index contributed by atoms with van der Waals surface area (Å²) in [6.45, 7) is 14.7. The van der Waals surface area contributed by atoms with E-state index in [1.54, 1.807) is 0 Å². The summed E-state index contributed by atoms with van der Waals surface area (Å²) >= 11 is 0. The van der Waals surface area contributed by atoms with Gasteiger partial charge in [-0.15, -0.1) is 0 Å². The minimum absolute atomic E-state index is 0.658. The highest BCUT2D eigenvalue weighted by molar-refractivity contribution is 6.11. The van der Waals surface area contributed by atoms with E-state index in [4.69, 9.17) is 9.97 Å². The van der Waals surface area contributed by atoms with Crippen LogP contribution in [0.15, 0.2) is 133 Å². The molecule has 0 bridgehead atoms. The molecule has 276 valence electrons. The van der Waals surface area contributed by atoms with Crippen molar-refractivity contribution in [2.45, 2.75) is 48.5 Å². The SMILES string of the molecule is Cc1cccc(-c2ccc(-n3c4ccc(C)cc4c4cc(C)ccc43)c(-c3ccc(-n4c5ccc(C)cc5c5cc(C)ccc54)c(-c4nc(C)nc(C)n4)c3)c2)c1. The predicted molar refractivity (Wildman–Crippen MR) is 238 cm³/mol. The molecule has 3 aromatic heterocycles. The van der Waals surface area contributed by atoms with Crippen LogP contribution < -0.4 is 0 Å². The van der Waals surface area contributed by atoms with E-state index < -0.39 is 0 Å². The third kappa shape index (κ3) is 5.81. The average Bonchev–Trinajstić information content (AvgIpc) is 3.67. The van der Waals surface area contributed by atoms with Crippen molar-refractivity contribution in [3.63, 3.8) is 0 Å². The van der Waals surface area contributed by atoms with Gasteiger partial charge in [0.15, 0.2) is 5.82 Å². The van der Waals surface area contributed by atoms with Gasteiger partial charge in [0.25, 0.3) is 0 Å². The molecule has 0 fully saturated rings. The molecule has 0 aliphatic rings. The van der Waals surface area contributed by atoms with Crippen LogP contribution in [0, 0.1) is 48.5 Å². The quantitative estimate of drug-likeness (QED) is 0.177. The highest BCUT2D eigenvalue weighted by atomic mass is 15.0. The lowest BCUT2D eigenvalue weighted by Crippen LogP contribution is -2.04. The van der Waals surface area contributed by atoms with Gasteiger partial charge in [-0.1, -0.05) is 88.5 Å². The third-order valence-corrected chi connectivity index (χ3v) is 11.4. The second-order valence-corrected chi connectivity index (χ2v) is 15.8. The van der Waals surface area contributed by atoms with Crippen LogP contribution in [-0.4, -0.2) is 24.1 Å². The summed E-state index contributed by atoms with van der Waals surface area (Å²) in [6, 6.07) is 49.7. The Kier molecular flexibility index (Phi) is 7.98. The fourth-order valence-electron chi connectivity index (χ4n) is 8.80. The number of aryl methyl sites for hydroxylation is 7. The average molecular weight is 738 g/mol. The van der Waals surface area contributed by atoms with E-state index in [2.05, 4.69) is 182 Å². The molecule has 0 radical (unpaired) electrons. The summed E-state index contributed by atoms with van der Waals surface area (Å²) in [5.74, 6) is 2.05. The van der Waals surface area contributed by atoms with Crippen LogP contribution in [0.4, 0.5) is 0 Å². The van der Waals surface area contributed by atoms with Crippen molar-refractivity contribution in [3.05, 3.63) is 173 Å². The number of aromatic nitrogens is 5. The standard InChI is InChI=1S/C52H43N5/c1-30-9-8-10-37(23-30)38-15-21-46(56-47-17-11-31(2)24-41(47)42-25-32(3)12-18-48(42)56)40(28-38)39-16-22-51(45(29-39)52-54-35(6)53-36(7)55-52)57-49-19-13-33(4)26-43(49)44-27-34(5)14-20-50(44)57/h8-29H,1-7H3. The zero-order valence-electron chi connectivity index (χ0n) is 33.4. The summed E-state index contributed by atoms with van der Waals surface area (Å²) in [4.78, 5) is 14.6. The Morgan fingerprint density at radius 1 is 0.333 bits per heavy atom. The van der Waals surface area contributed by atoms with Crippen molar-refractivity contribution in [2.75, 3.05) is 0 Å². The van der Waals surface area contributed by atoms with Crippen molar-refractivity contribution in [1.82, 2.24) is 24.1 Å². The second-order valence-electron chi connectivity index (χ2n) is 15.8. The molecule has 3 heterocycles. The normalized spacial score (nSPS) is 11.8. The lowest BCUT2D eigenvalue weighted by Gasteiger charge is -2.19. The molecule has 0 aliphatic carbocycles.